The molecule has 2 fully saturated rings. The maximum atomic E-state index is 6.02. The van der Waals surface area contributed by atoms with Crippen molar-refractivity contribution < 1.29 is 4.74 Å². The minimum absolute atomic E-state index is 0.341. The lowest BCUT2D eigenvalue weighted by molar-refractivity contribution is -0.0644. The lowest BCUT2D eigenvalue weighted by atomic mass is 10.0. The number of fused-ring (bicyclic) bond motifs is 1. The predicted octanol–water partition coefficient (Wildman–Crippen LogP) is 1.24. The highest BCUT2D eigenvalue weighted by Crippen LogP contribution is 2.24. The zero-order valence-electron chi connectivity index (χ0n) is 11.0. The van der Waals surface area contributed by atoms with Crippen molar-refractivity contribution in [1.82, 2.24) is 10.2 Å². The van der Waals surface area contributed by atoms with Gasteiger partial charge in [0.15, 0.2) is 0 Å². The first-order valence-electron chi connectivity index (χ1n) is 6.77. The summed E-state index contributed by atoms with van der Waals surface area (Å²) in [5, 5.41) is 3.39. The summed E-state index contributed by atoms with van der Waals surface area (Å²) < 4.78 is 6.02. The van der Waals surface area contributed by atoms with E-state index in [-0.39, 0.29) is 0 Å². The molecule has 0 aliphatic carbocycles. The molecule has 2 rings (SSSR count). The van der Waals surface area contributed by atoms with Crippen LogP contribution in [-0.4, -0.2) is 49.8 Å². The maximum Gasteiger partial charge on any atom is 0.0855 e. The van der Waals surface area contributed by atoms with Gasteiger partial charge in [-0.25, -0.2) is 0 Å². The molecular formula is C14H24N2O. The molecule has 3 unspecified atom stereocenters. The second-order valence-electron chi connectivity index (χ2n) is 5.02. The fourth-order valence-electron chi connectivity index (χ4n) is 2.95. The Labute approximate surface area is 105 Å². The molecule has 96 valence electrons. The lowest BCUT2D eigenvalue weighted by Crippen LogP contribution is -2.53. The van der Waals surface area contributed by atoms with Gasteiger partial charge in [0.1, 0.15) is 0 Å². The molecular weight excluding hydrogens is 212 g/mol. The zero-order valence-corrected chi connectivity index (χ0v) is 11.0. The molecule has 1 N–H and O–H groups in total. The van der Waals surface area contributed by atoms with Crippen molar-refractivity contribution in [3.05, 3.63) is 0 Å². The van der Waals surface area contributed by atoms with Gasteiger partial charge in [0.2, 0.25) is 0 Å². The highest BCUT2D eigenvalue weighted by atomic mass is 16.5. The van der Waals surface area contributed by atoms with Crippen LogP contribution in [0.1, 0.15) is 32.6 Å². The van der Waals surface area contributed by atoms with E-state index in [9.17, 15) is 0 Å². The van der Waals surface area contributed by atoms with Crippen molar-refractivity contribution in [1.29, 1.82) is 0 Å². The first-order chi connectivity index (χ1) is 8.35. The molecule has 0 aromatic heterocycles. The summed E-state index contributed by atoms with van der Waals surface area (Å²) in [5.74, 6) is 6.10. The van der Waals surface area contributed by atoms with Gasteiger partial charge in [-0.05, 0) is 39.8 Å². The number of ether oxygens (including phenoxy) is 1. The van der Waals surface area contributed by atoms with Crippen molar-refractivity contribution in [2.45, 2.75) is 50.8 Å². The first-order valence-corrected chi connectivity index (χ1v) is 6.77. The second-order valence-corrected chi connectivity index (χ2v) is 5.02. The Balaban J connectivity index is 1.84. The Hall–Kier alpha value is -0.560. The van der Waals surface area contributed by atoms with Crippen LogP contribution in [0.15, 0.2) is 0 Å². The van der Waals surface area contributed by atoms with E-state index >= 15 is 0 Å². The van der Waals surface area contributed by atoms with Crippen LogP contribution in [0.3, 0.4) is 0 Å². The monoisotopic (exact) mass is 236 g/mol. The molecule has 2 aliphatic rings. The Bertz CT molecular complexity index is 294. The highest BCUT2D eigenvalue weighted by Gasteiger charge is 2.34. The third kappa shape index (κ3) is 3.22. The number of nitrogens with zero attached hydrogens (tertiary/aromatic N) is 1. The third-order valence-corrected chi connectivity index (χ3v) is 3.99. The SMILES string of the molecule is CC#CCCC(NC)C1CN2CCCC2CO1. The van der Waals surface area contributed by atoms with Crippen LogP contribution in [0.4, 0.5) is 0 Å². The van der Waals surface area contributed by atoms with Gasteiger partial charge in [-0.2, -0.15) is 0 Å². The van der Waals surface area contributed by atoms with Gasteiger partial charge in [-0.3, -0.25) is 4.90 Å². The van der Waals surface area contributed by atoms with Crippen molar-refractivity contribution in [2.75, 3.05) is 26.7 Å². The largest absolute Gasteiger partial charge is 0.374 e. The summed E-state index contributed by atoms with van der Waals surface area (Å²) in [6, 6.07) is 1.14. The van der Waals surface area contributed by atoms with Crippen molar-refractivity contribution in [3.8, 4) is 11.8 Å². The van der Waals surface area contributed by atoms with Gasteiger partial charge in [-0.1, -0.05) is 0 Å². The van der Waals surface area contributed by atoms with Crippen LogP contribution in [0.5, 0.6) is 0 Å². The van der Waals surface area contributed by atoms with Gasteiger partial charge in [0.05, 0.1) is 12.7 Å². The van der Waals surface area contributed by atoms with E-state index in [1.807, 2.05) is 14.0 Å². The minimum Gasteiger partial charge on any atom is -0.374 e. The average molecular weight is 236 g/mol. The molecule has 17 heavy (non-hydrogen) atoms. The van der Waals surface area contributed by atoms with Gasteiger partial charge in [-0.15, -0.1) is 11.8 Å². The molecule has 0 amide bonds. The second kappa shape index (κ2) is 6.39. The number of rotatable bonds is 4. The normalized spacial score (nSPS) is 30.5. The van der Waals surface area contributed by atoms with E-state index in [1.165, 1.54) is 19.4 Å². The van der Waals surface area contributed by atoms with Crippen molar-refractivity contribution in [3.63, 3.8) is 0 Å². The van der Waals surface area contributed by atoms with E-state index < -0.39 is 0 Å². The highest BCUT2D eigenvalue weighted by molar-refractivity contribution is 4.97. The maximum absolute atomic E-state index is 6.02. The summed E-state index contributed by atoms with van der Waals surface area (Å²) in [6.45, 7) is 5.17. The van der Waals surface area contributed by atoms with Gasteiger partial charge in [0, 0.05) is 25.0 Å². The molecule has 0 aromatic carbocycles. The summed E-state index contributed by atoms with van der Waals surface area (Å²) in [6.07, 6.45) is 5.05. The van der Waals surface area contributed by atoms with Crippen LogP contribution in [-0.2, 0) is 4.74 Å². The zero-order chi connectivity index (χ0) is 12.1. The fourth-order valence-corrected chi connectivity index (χ4v) is 2.95. The molecule has 0 aromatic rings. The van der Waals surface area contributed by atoms with Gasteiger partial charge in [0.25, 0.3) is 0 Å². The molecule has 3 nitrogen and oxygen atoms in total. The average Bonchev–Trinajstić information content (AvgIpc) is 2.82. The van der Waals surface area contributed by atoms with Crippen LogP contribution in [0.2, 0.25) is 0 Å². The van der Waals surface area contributed by atoms with Crippen LogP contribution < -0.4 is 5.32 Å². The molecule has 0 bridgehead atoms. The quantitative estimate of drug-likeness (QED) is 0.743. The standard InChI is InChI=1S/C14H24N2O/c1-3-4-5-8-13(15-2)14-10-16-9-6-7-12(16)11-17-14/h12-15H,5-11H2,1-2H3. The van der Waals surface area contributed by atoms with E-state index in [0.717, 1.165) is 26.0 Å². The molecule has 2 aliphatic heterocycles. The van der Waals surface area contributed by atoms with E-state index in [0.29, 0.717) is 18.2 Å². The first kappa shape index (κ1) is 12.9. The molecule has 2 saturated heterocycles. The number of likely N-dealkylation sites (N-methyl/N-ethyl adjacent to an activating group) is 1. The van der Waals surface area contributed by atoms with E-state index in [1.54, 1.807) is 0 Å². The Kier molecular flexibility index (Phi) is 4.85. The van der Waals surface area contributed by atoms with E-state index in [2.05, 4.69) is 22.1 Å². The summed E-state index contributed by atoms with van der Waals surface area (Å²) in [4.78, 5) is 2.60. The molecule has 0 radical (unpaired) electrons. The number of hydrogen-bond acceptors (Lipinski definition) is 3. The van der Waals surface area contributed by atoms with Gasteiger partial charge < -0.3 is 10.1 Å². The molecule has 3 atom stereocenters. The topological polar surface area (TPSA) is 24.5 Å². The fraction of sp³-hybridized carbons (Fsp3) is 0.857. The Morgan fingerprint density at radius 3 is 3.18 bits per heavy atom. The summed E-state index contributed by atoms with van der Waals surface area (Å²) >= 11 is 0. The Morgan fingerprint density at radius 2 is 2.41 bits per heavy atom. The predicted molar refractivity (Wildman–Crippen MR) is 69.9 cm³/mol. The van der Waals surface area contributed by atoms with Crippen molar-refractivity contribution in [2.24, 2.45) is 0 Å². The third-order valence-electron chi connectivity index (χ3n) is 3.99. The van der Waals surface area contributed by atoms with E-state index in [4.69, 9.17) is 4.74 Å². The summed E-state index contributed by atoms with van der Waals surface area (Å²) in [7, 11) is 2.03. The number of morpholine rings is 1. The summed E-state index contributed by atoms with van der Waals surface area (Å²) in [5.41, 5.74) is 0. The molecule has 3 heteroatoms. The van der Waals surface area contributed by atoms with Crippen LogP contribution in [0.25, 0.3) is 0 Å². The van der Waals surface area contributed by atoms with Gasteiger partial charge >= 0.3 is 0 Å². The lowest BCUT2D eigenvalue weighted by Gasteiger charge is -2.38. The number of hydrogen-bond donors (Lipinski definition) is 1. The number of nitrogens with one attached hydrogen (secondary N) is 1. The van der Waals surface area contributed by atoms with Crippen LogP contribution >= 0.6 is 0 Å². The van der Waals surface area contributed by atoms with Crippen molar-refractivity contribution >= 4 is 0 Å². The molecule has 2 heterocycles. The Morgan fingerprint density at radius 1 is 1.53 bits per heavy atom. The molecule has 0 saturated carbocycles. The minimum atomic E-state index is 0.341. The van der Waals surface area contributed by atoms with Crippen LogP contribution in [0, 0.1) is 11.8 Å². The smallest absolute Gasteiger partial charge is 0.0855 e. The molecule has 0 spiro atoms.